The van der Waals surface area contributed by atoms with E-state index >= 15 is 0 Å². The van der Waals surface area contributed by atoms with Gasteiger partial charge in [0.2, 0.25) is 0 Å². The lowest BCUT2D eigenvalue weighted by atomic mass is 10.1. The zero-order valence-electron chi connectivity index (χ0n) is 15.0. The Bertz CT molecular complexity index is 973. The van der Waals surface area contributed by atoms with Gasteiger partial charge >= 0.3 is 0 Å². The number of aromatic nitrogens is 2. The van der Waals surface area contributed by atoms with Crippen molar-refractivity contribution >= 4 is 22.3 Å². The summed E-state index contributed by atoms with van der Waals surface area (Å²) in [4.78, 5) is 4.98. The molecule has 4 aliphatic rings. The molecule has 1 aliphatic carbocycles. The molecule has 7 heteroatoms. The average molecular weight is 366 g/mol. The first-order valence-electron chi connectivity index (χ1n) is 9.69. The minimum atomic E-state index is -0.227. The highest BCUT2D eigenvalue weighted by atomic mass is 16.7. The summed E-state index contributed by atoms with van der Waals surface area (Å²) < 4.78 is 19.7. The van der Waals surface area contributed by atoms with E-state index in [-0.39, 0.29) is 13.0 Å². The summed E-state index contributed by atoms with van der Waals surface area (Å²) in [6.07, 6.45) is 7.30. The van der Waals surface area contributed by atoms with Gasteiger partial charge in [-0.1, -0.05) is 0 Å². The summed E-state index contributed by atoms with van der Waals surface area (Å²) in [6.45, 7) is 2.88. The molecule has 2 fully saturated rings. The van der Waals surface area contributed by atoms with Gasteiger partial charge in [0.1, 0.15) is 17.1 Å². The van der Waals surface area contributed by atoms with E-state index in [1.54, 1.807) is 0 Å². The van der Waals surface area contributed by atoms with Crippen LogP contribution in [0.5, 0.6) is 5.75 Å². The maximum Gasteiger partial charge on any atom is 0.191 e. The minimum absolute atomic E-state index is 0.227. The lowest BCUT2D eigenvalue weighted by Crippen LogP contribution is -2.28. The van der Waals surface area contributed by atoms with E-state index in [0.717, 1.165) is 65.1 Å². The molecule has 2 aromatic rings. The predicted octanol–water partition coefficient (Wildman–Crippen LogP) is 2.80. The van der Waals surface area contributed by atoms with Crippen molar-refractivity contribution in [3.63, 3.8) is 0 Å². The Morgan fingerprint density at radius 3 is 3.15 bits per heavy atom. The molecule has 7 nitrogen and oxygen atoms in total. The smallest absolute Gasteiger partial charge is 0.191 e. The summed E-state index contributed by atoms with van der Waals surface area (Å²) in [6, 6.07) is 4.25. The molecule has 0 bridgehead atoms. The van der Waals surface area contributed by atoms with Crippen LogP contribution in [0.3, 0.4) is 0 Å². The number of nitrogens with one attached hydrogen (secondary N) is 2. The van der Waals surface area contributed by atoms with Crippen molar-refractivity contribution in [2.45, 2.75) is 32.0 Å². The second-order valence-electron chi connectivity index (χ2n) is 7.54. The van der Waals surface area contributed by atoms with Crippen LogP contribution in [0.1, 0.15) is 25.1 Å². The van der Waals surface area contributed by atoms with Crippen LogP contribution < -0.4 is 15.4 Å². The number of benzene rings is 1. The monoisotopic (exact) mass is 366 g/mol. The van der Waals surface area contributed by atoms with Crippen LogP contribution in [0, 0.1) is 5.92 Å². The van der Waals surface area contributed by atoms with Gasteiger partial charge in [-0.2, -0.15) is 0 Å². The molecule has 4 heterocycles. The molecule has 1 saturated carbocycles. The van der Waals surface area contributed by atoms with E-state index < -0.39 is 0 Å². The number of rotatable bonds is 4. The molecule has 1 unspecified atom stereocenters. The Balaban J connectivity index is 1.49. The second-order valence-corrected chi connectivity index (χ2v) is 7.54. The Labute approximate surface area is 157 Å². The van der Waals surface area contributed by atoms with E-state index in [1.165, 1.54) is 12.8 Å². The van der Waals surface area contributed by atoms with Crippen LogP contribution in [0.2, 0.25) is 0 Å². The summed E-state index contributed by atoms with van der Waals surface area (Å²) in [5, 5.41) is 6.73. The molecule has 140 valence electrons. The first-order chi connectivity index (χ1) is 13.4. The zero-order valence-corrected chi connectivity index (χ0v) is 15.0. The third-order valence-electron chi connectivity index (χ3n) is 5.57. The molecule has 27 heavy (non-hydrogen) atoms. The fraction of sp³-hybridized carbons (Fsp3) is 0.450. The second kappa shape index (κ2) is 5.92. The molecule has 6 rings (SSSR count). The molecular weight excluding hydrogens is 344 g/mol. The standard InChI is InChI=1S/C20H22N4O3/c1-6-24-17-15(8-13(9-16(17)25-7-1)22-10-12-2-3-12)23-19(24)14-4-5-21-20-18(14)26-11-27-20/h4-5,8-9,12,20-22H,1-3,6-7,10-11H2. The van der Waals surface area contributed by atoms with E-state index in [4.69, 9.17) is 19.2 Å². The number of aryl methyl sites for hydroxylation is 1. The summed E-state index contributed by atoms with van der Waals surface area (Å²) in [5.41, 5.74) is 4.08. The molecule has 1 aromatic heterocycles. The van der Waals surface area contributed by atoms with Crippen molar-refractivity contribution in [2.75, 3.05) is 25.3 Å². The number of hydrogen-bond acceptors (Lipinski definition) is 6. The number of allylic oxidation sites excluding steroid dienone is 2. The van der Waals surface area contributed by atoms with Crippen molar-refractivity contribution in [1.82, 2.24) is 14.9 Å². The number of nitrogens with zero attached hydrogens (tertiary/aromatic N) is 2. The van der Waals surface area contributed by atoms with E-state index in [2.05, 4.69) is 27.3 Å². The van der Waals surface area contributed by atoms with E-state index in [0.29, 0.717) is 6.61 Å². The normalized spacial score (nSPS) is 23.5. The Kier molecular flexibility index (Phi) is 3.38. The van der Waals surface area contributed by atoms with Gasteiger partial charge < -0.3 is 29.4 Å². The number of dihydropyridines is 1. The van der Waals surface area contributed by atoms with E-state index in [9.17, 15) is 0 Å². The Morgan fingerprint density at radius 1 is 1.26 bits per heavy atom. The first-order valence-corrected chi connectivity index (χ1v) is 9.69. The van der Waals surface area contributed by atoms with Crippen molar-refractivity contribution in [2.24, 2.45) is 5.92 Å². The van der Waals surface area contributed by atoms with Crippen molar-refractivity contribution in [3.05, 3.63) is 36.0 Å². The van der Waals surface area contributed by atoms with E-state index in [1.807, 2.05) is 12.3 Å². The zero-order chi connectivity index (χ0) is 17.8. The number of anilines is 1. The Morgan fingerprint density at radius 2 is 2.22 bits per heavy atom. The maximum absolute atomic E-state index is 6.07. The summed E-state index contributed by atoms with van der Waals surface area (Å²) in [7, 11) is 0. The van der Waals surface area contributed by atoms with Crippen LogP contribution in [0.4, 0.5) is 5.69 Å². The third-order valence-corrected chi connectivity index (χ3v) is 5.57. The highest BCUT2D eigenvalue weighted by Gasteiger charge is 2.31. The highest BCUT2D eigenvalue weighted by molar-refractivity contribution is 5.90. The van der Waals surface area contributed by atoms with Crippen molar-refractivity contribution in [1.29, 1.82) is 0 Å². The van der Waals surface area contributed by atoms with Gasteiger partial charge in [-0.05, 0) is 43.5 Å². The molecular formula is C20H22N4O3. The molecule has 3 aliphatic heterocycles. The molecule has 1 saturated heterocycles. The summed E-state index contributed by atoms with van der Waals surface area (Å²) >= 11 is 0. The number of ether oxygens (including phenoxy) is 3. The third kappa shape index (κ3) is 2.56. The predicted molar refractivity (Wildman–Crippen MR) is 101 cm³/mol. The molecule has 2 N–H and O–H groups in total. The maximum atomic E-state index is 6.07. The van der Waals surface area contributed by atoms with Crippen LogP contribution >= 0.6 is 0 Å². The topological polar surface area (TPSA) is 69.6 Å². The molecule has 1 aromatic carbocycles. The summed E-state index contributed by atoms with van der Waals surface area (Å²) in [5.74, 6) is 3.45. The number of hydrogen-bond donors (Lipinski definition) is 2. The largest absolute Gasteiger partial charge is 0.491 e. The van der Waals surface area contributed by atoms with Crippen LogP contribution in [-0.4, -0.2) is 35.7 Å². The number of fused-ring (bicyclic) bond motifs is 1. The van der Waals surface area contributed by atoms with Crippen molar-refractivity contribution < 1.29 is 14.2 Å². The van der Waals surface area contributed by atoms with Gasteiger partial charge in [-0.25, -0.2) is 4.98 Å². The SMILES string of the molecule is C1=CC(c2nc3cc(NCC4CC4)cc4c3n2CCCO4)=C2OCOC2N1. The molecule has 0 spiro atoms. The fourth-order valence-corrected chi connectivity index (χ4v) is 4.00. The quantitative estimate of drug-likeness (QED) is 0.867. The van der Waals surface area contributed by atoms with Crippen molar-refractivity contribution in [3.8, 4) is 5.75 Å². The highest BCUT2D eigenvalue weighted by Crippen LogP contribution is 2.38. The van der Waals surface area contributed by atoms with Crippen LogP contribution in [0.15, 0.2) is 30.2 Å². The number of imidazole rings is 1. The van der Waals surface area contributed by atoms with Crippen LogP contribution in [0.25, 0.3) is 16.6 Å². The average Bonchev–Trinajstić information content (AvgIpc) is 3.33. The van der Waals surface area contributed by atoms with Gasteiger partial charge in [0.15, 0.2) is 18.8 Å². The Hall–Kier alpha value is -2.67. The lowest BCUT2D eigenvalue weighted by Gasteiger charge is -2.17. The molecule has 1 atom stereocenters. The minimum Gasteiger partial charge on any atom is -0.491 e. The molecule has 0 amide bonds. The van der Waals surface area contributed by atoms with Gasteiger partial charge in [0.05, 0.1) is 17.7 Å². The van der Waals surface area contributed by atoms with Gasteiger partial charge in [-0.15, -0.1) is 0 Å². The fourth-order valence-electron chi connectivity index (χ4n) is 4.00. The van der Waals surface area contributed by atoms with Crippen LogP contribution in [-0.2, 0) is 16.0 Å². The molecule has 0 radical (unpaired) electrons. The van der Waals surface area contributed by atoms with Gasteiger partial charge in [0.25, 0.3) is 0 Å². The van der Waals surface area contributed by atoms with Gasteiger partial charge in [-0.3, -0.25) is 0 Å². The lowest BCUT2D eigenvalue weighted by molar-refractivity contribution is 0.0434. The van der Waals surface area contributed by atoms with Gasteiger partial charge in [0, 0.05) is 24.8 Å². The first kappa shape index (κ1) is 15.4.